The van der Waals surface area contributed by atoms with E-state index in [0.717, 1.165) is 16.1 Å². The Kier molecular flexibility index (Phi) is 9.94. The van der Waals surface area contributed by atoms with Crippen molar-refractivity contribution in [2.45, 2.75) is 33.4 Å². The summed E-state index contributed by atoms with van der Waals surface area (Å²) in [5, 5.41) is 2.85. The van der Waals surface area contributed by atoms with E-state index >= 15 is 0 Å². The molecule has 192 valence electrons. The summed E-state index contributed by atoms with van der Waals surface area (Å²) in [4.78, 5) is 27.8. The van der Waals surface area contributed by atoms with Crippen LogP contribution in [0.4, 0.5) is 5.69 Å². The van der Waals surface area contributed by atoms with Gasteiger partial charge >= 0.3 is 0 Å². The Labute approximate surface area is 208 Å². The minimum absolute atomic E-state index is 0.0992. The lowest BCUT2D eigenvalue weighted by Gasteiger charge is -2.31. The van der Waals surface area contributed by atoms with Crippen LogP contribution in [0.25, 0.3) is 0 Å². The van der Waals surface area contributed by atoms with E-state index in [4.69, 9.17) is 9.47 Å². The molecule has 10 heteroatoms. The molecule has 0 aromatic heterocycles. The first kappa shape index (κ1) is 28.0. The molecule has 0 aliphatic rings. The number of anilines is 1. The van der Waals surface area contributed by atoms with Crippen LogP contribution in [0.5, 0.6) is 11.5 Å². The molecule has 0 aliphatic carbocycles. The van der Waals surface area contributed by atoms with E-state index in [1.807, 2.05) is 19.9 Å². The number of methoxy groups -OCH3 is 2. The van der Waals surface area contributed by atoms with Crippen molar-refractivity contribution in [3.63, 3.8) is 0 Å². The molecule has 1 atom stereocenters. The topological polar surface area (TPSA) is 105 Å². The molecule has 0 saturated carbocycles. The maximum Gasteiger partial charge on any atom is 0.244 e. The minimum Gasteiger partial charge on any atom is -0.497 e. The number of carbonyl (C=O) groups excluding carboxylic acids is 2. The Morgan fingerprint density at radius 2 is 1.57 bits per heavy atom. The van der Waals surface area contributed by atoms with E-state index < -0.39 is 28.5 Å². The minimum atomic E-state index is -3.81. The average Bonchev–Trinajstić information content (AvgIpc) is 2.83. The second-order valence-electron chi connectivity index (χ2n) is 8.66. The summed E-state index contributed by atoms with van der Waals surface area (Å²) in [6, 6.07) is 12.8. The number of hydrogen-bond acceptors (Lipinski definition) is 6. The molecular weight excluding hydrogens is 470 g/mol. The Morgan fingerprint density at radius 1 is 0.971 bits per heavy atom. The third-order valence-electron chi connectivity index (χ3n) is 5.36. The summed E-state index contributed by atoms with van der Waals surface area (Å²) in [5.74, 6) is 0.470. The molecule has 0 heterocycles. The molecule has 2 aromatic rings. The van der Waals surface area contributed by atoms with E-state index in [-0.39, 0.29) is 18.4 Å². The Bertz CT molecular complexity index is 1120. The second kappa shape index (κ2) is 12.4. The van der Waals surface area contributed by atoms with Crippen molar-refractivity contribution < 1.29 is 27.5 Å². The van der Waals surface area contributed by atoms with E-state index in [9.17, 15) is 18.0 Å². The average molecular weight is 506 g/mol. The lowest BCUT2D eigenvalue weighted by Crippen LogP contribution is -2.51. The molecule has 1 N–H and O–H groups in total. The Balaban J connectivity index is 2.39. The normalized spacial score (nSPS) is 12.1. The lowest BCUT2D eigenvalue weighted by molar-refractivity contribution is -0.139. The van der Waals surface area contributed by atoms with Crippen LogP contribution in [0, 0.1) is 5.92 Å². The summed E-state index contributed by atoms with van der Waals surface area (Å²) in [7, 11) is -0.794. The predicted octanol–water partition coefficient (Wildman–Crippen LogP) is 2.66. The molecule has 0 unspecified atom stereocenters. The van der Waals surface area contributed by atoms with Gasteiger partial charge in [-0.2, -0.15) is 0 Å². The molecule has 0 bridgehead atoms. The van der Waals surface area contributed by atoms with Crippen LogP contribution in [0.15, 0.2) is 48.5 Å². The predicted molar refractivity (Wildman–Crippen MR) is 136 cm³/mol. The fourth-order valence-corrected chi connectivity index (χ4v) is 4.22. The summed E-state index contributed by atoms with van der Waals surface area (Å²) >= 11 is 0. The quantitative estimate of drug-likeness (QED) is 0.476. The number of ether oxygens (including phenoxy) is 2. The number of amides is 2. The number of nitrogens with zero attached hydrogens (tertiary/aromatic N) is 2. The molecule has 2 amide bonds. The highest BCUT2D eigenvalue weighted by Gasteiger charge is 2.30. The van der Waals surface area contributed by atoms with Gasteiger partial charge < -0.3 is 19.7 Å². The highest BCUT2D eigenvalue weighted by atomic mass is 32.2. The number of carbonyl (C=O) groups is 2. The number of hydrogen-bond donors (Lipinski definition) is 1. The summed E-state index contributed by atoms with van der Waals surface area (Å²) < 4.78 is 36.8. The first-order chi connectivity index (χ1) is 16.5. The van der Waals surface area contributed by atoms with Gasteiger partial charge in [0.25, 0.3) is 0 Å². The molecule has 0 spiro atoms. The van der Waals surface area contributed by atoms with Gasteiger partial charge in [0.1, 0.15) is 24.1 Å². The van der Waals surface area contributed by atoms with Crippen molar-refractivity contribution in [3.05, 3.63) is 54.1 Å². The second-order valence-corrected chi connectivity index (χ2v) is 10.6. The van der Waals surface area contributed by atoms with Crippen molar-refractivity contribution in [3.8, 4) is 11.5 Å². The third kappa shape index (κ3) is 8.17. The van der Waals surface area contributed by atoms with Crippen molar-refractivity contribution >= 4 is 27.5 Å². The summed E-state index contributed by atoms with van der Waals surface area (Å²) in [6.45, 7) is 5.66. The molecule has 9 nitrogen and oxygen atoms in total. The zero-order chi connectivity index (χ0) is 26.2. The molecule has 0 saturated heterocycles. The van der Waals surface area contributed by atoms with Gasteiger partial charge in [-0.1, -0.05) is 32.0 Å². The molecule has 2 rings (SSSR count). The van der Waals surface area contributed by atoms with Crippen LogP contribution < -0.4 is 19.1 Å². The van der Waals surface area contributed by atoms with Gasteiger partial charge in [-0.15, -0.1) is 0 Å². The van der Waals surface area contributed by atoms with E-state index in [1.54, 1.807) is 56.5 Å². The first-order valence-corrected chi connectivity index (χ1v) is 13.1. The summed E-state index contributed by atoms with van der Waals surface area (Å²) in [5.41, 5.74) is 1.03. The Morgan fingerprint density at radius 3 is 2.14 bits per heavy atom. The van der Waals surface area contributed by atoms with Crippen molar-refractivity contribution in [2.24, 2.45) is 5.92 Å². The number of sulfonamides is 1. The first-order valence-electron chi connectivity index (χ1n) is 11.3. The summed E-state index contributed by atoms with van der Waals surface area (Å²) in [6.07, 6.45) is 1.03. The highest BCUT2D eigenvalue weighted by molar-refractivity contribution is 7.92. The van der Waals surface area contributed by atoms with E-state index in [0.29, 0.717) is 23.7 Å². The van der Waals surface area contributed by atoms with Crippen LogP contribution in [0.2, 0.25) is 0 Å². The zero-order valence-corrected chi connectivity index (χ0v) is 22.0. The lowest BCUT2D eigenvalue weighted by atomic mass is 10.1. The Hall–Kier alpha value is -3.27. The van der Waals surface area contributed by atoms with Crippen LogP contribution in [0.1, 0.15) is 26.3 Å². The third-order valence-corrected chi connectivity index (χ3v) is 6.50. The van der Waals surface area contributed by atoms with Gasteiger partial charge in [0, 0.05) is 19.2 Å². The fourth-order valence-electron chi connectivity index (χ4n) is 3.38. The van der Waals surface area contributed by atoms with Gasteiger partial charge in [-0.05, 0) is 42.7 Å². The van der Waals surface area contributed by atoms with Crippen LogP contribution in [-0.2, 0) is 26.2 Å². The van der Waals surface area contributed by atoms with Crippen molar-refractivity contribution in [2.75, 3.05) is 37.9 Å². The molecular formula is C25H35N3O6S. The molecule has 35 heavy (non-hydrogen) atoms. The number of rotatable bonds is 12. The molecule has 0 radical (unpaired) electrons. The zero-order valence-electron chi connectivity index (χ0n) is 21.1. The van der Waals surface area contributed by atoms with Crippen LogP contribution in [-0.4, -0.2) is 64.7 Å². The van der Waals surface area contributed by atoms with E-state index in [1.165, 1.54) is 12.0 Å². The van der Waals surface area contributed by atoms with E-state index in [2.05, 4.69) is 5.32 Å². The van der Waals surface area contributed by atoms with Gasteiger partial charge in [0.2, 0.25) is 21.8 Å². The monoisotopic (exact) mass is 505 g/mol. The van der Waals surface area contributed by atoms with Crippen molar-refractivity contribution in [1.29, 1.82) is 0 Å². The van der Waals surface area contributed by atoms with Crippen LogP contribution >= 0.6 is 0 Å². The van der Waals surface area contributed by atoms with Crippen LogP contribution in [0.3, 0.4) is 0 Å². The maximum atomic E-state index is 13.5. The molecule has 0 fully saturated rings. The van der Waals surface area contributed by atoms with Gasteiger partial charge in [-0.3, -0.25) is 13.9 Å². The number of nitrogens with one attached hydrogen (secondary N) is 1. The van der Waals surface area contributed by atoms with Gasteiger partial charge in [0.15, 0.2) is 0 Å². The smallest absolute Gasteiger partial charge is 0.244 e. The maximum absolute atomic E-state index is 13.5. The van der Waals surface area contributed by atoms with Gasteiger partial charge in [0.05, 0.1) is 26.2 Å². The molecule has 0 aliphatic heterocycles. The van der Waals surface area contributed by atoms with Crippen molar-refractivity contribution in [1.82, 2.24) is 10.2 Å². The SMILES string of the molecule is COc1cccc(CN(C(=O)CN(c2cccc(OC)c2)S(C)(=O)=O)[C@H](C)C(=O)NCC(C)C)c1. The van der Waals surface area contributed by atoms with Gasteiger partial charge in [-0.25, -0.2) is 8.42 Å². The highest BCUT2D eigenvalue weighted by Crippen LogP contribution is 2.24. The number of benzene rings is 2. The standard InChI is InChI=1S/C25H35N3O6S/c1-18(2)15-26-25(30)19(3)27(16-20-9-7-11-22(13-20)33-4)24(29)17-28(35(6,31)32)21-10-8-12-23(14-21)34-5/h7-14,18-19H,15-17H2,1-6H3,(H,26,30)/t19-/m1/s1. The largest absolute Gasteiger partial charge is 0.497 e. The fraction of sp³-hybridized carbons (Fsp3) is 0.440. The molecule has 2 aromatic carbocycles.